The number of ether oxygens (including phenoxy) is 3. The van der Waals surface area contributed by atoms with E-state index >= 15 is 0 Å². The zero-order valence-corrected chi connectivity index (χ0v) is 15.0. The Morgan fingerprint density at radius 2 is 2.00 bits per heavy atom. The highest BCUT2D eigenvalue weighted by molar-refractivity contribution is 5.84. The molecule has 0 spiro atoms. The van der Waals surface area contributed by atoms with E-state index in [-0.39, 0.29) is 17.8 Å². The molecule has 9 nitrogen and oxygen atoms in total. The number of aliphatic hydroxyl groups excluding tert-OH is 1. The zero-order chi connectivity index (χ0) is 18.4. The van der Waals surface area contributed by atoms with Crippen LogP contribution in [0.15, 0.2) is 6.07 Å². The predicted octanol–water partition coefficient (Wildman–Crippen LogP) is 0.544. The van der Waals surface area contributed by atoms with Crippen molar-refractivity contribution in [3.05, 3.63) is 6.07 Å². The number of aromatic nitrogens is 2. The van der Waals surface area contributed by atoms with Crippen LogP contribution in [0.3, 0.4) is 0 Å². The summed E-state index contributed by atoms with van der Waals surface area (Å²) in [5.41, 5.74) is 0. The average molecular weight is 354 g/mol. The third-order valence-corrected chi connectivity index (χ3v) is 3.81. The lowest BCUT2D eigenvalue weighted by Gasteiger charge is -2.23. The Morgan fingerprint density at radius 3 is 2.48 bits per heavy atom. The minimum Gasteiger partial charge on any atom is -0.481 e. The van der Waals surface area contributed by atoms with Crippen LogP contribution in [0, 0.1) is 5.92 Å². The van der Waals surface area contributed by atoms with Crippen LogP contribution in [-0.2, 0) is 9.53 Å². The molecule has 1 aromatic rings. The number of carbonyl (C=O) groups is 1. The molecule has 25 heavy (non-hydrogen) atoms. The van der Waals surface area contributed by atoms with Crippen LogP contribution in [-0.4, -0.2) is 60.2 Å². The SMILES string of the molecule is COc1cc(OC)nc(NC(CC(C)C)C(=O)N[C@H]2CCOC2O)n1. The van der Waals surface area contributed by atoms with Gasteiger partial charge in [0.15, 0.2) is 6.29 Å². The fourth-order valence-electron chi connectivity index (χ4n) is 2.54. The highest BCUT2D eigenvalue weighted by Crippen LogP contribution is 2.19. The Kier molecular flexibility index (Phi) is 6.77. The molecular formula is C16H26N4O5. The average Bonchev–Trinajstić information content (AvgIpc) is 2.98. The molecule has 3 N–H and O–H groups in total. The molecule has 1 amide bonds. The van der Waals surface area contributed by atoms with E-state index in [4.69, 9.17) is 14.2 Å². The van der Waals surface area contributed by atoms with Gasteiger partial charge in [-0.15, -0.1) is 0 Å². The molecule has 1 aliphatic heterocycles. The van der Waals surface area contributed by atoms with Crippen LogP contribution in [0.1, 0.15) is 26.7 Å². The van der Waals surface area contributed by atoms with E-state index in [0.29, 0.717) is 31.2 Å². The second kappa shape index (κ2) is 8.82. The summed E-state index contributed by atoms with van der Waals surface area (Å²) in [6, 6.07) is 0.573. The Hall–Kier alpha value is -2.13. The van der Waals surface area contributed by atoms with Gasteiger partial charge in [0.25, 0.3) is 0 Å². The van der Waals surface area contributed by atoms with E-state index in [0.717, 1.165) is 0 Å². The van der Waals surface area contributed by atoms with Gasteiger partial charge in [0.2, 0.25) is 23.6 Å². The van der Waals surface area contributed by atoms with Crippen molar-refractivity contribution in [3.8, 4) is 11.8 Å². The van der Waals surface area contributed by atoms with Gasteiger partial charge >= 0.3 is 0 Å². The molecule has 0 aliphatic carbocycles. The lowest BCUT2D eigenvalue weighted by Crippen LogP contribution is -2.48. The number of hydrogen-bond acceptors (Lipinski definition) is 8. The molecule has 2 heterocycles. The first kappa shape index (κ1) is 19.2. The molecule has 1 fully saturated rings. The fraction of sp³-hybridized carbons (Fsp3) is 0.688. The van der Waals surface area contributed by atoms with Crippen molar-refractivity contribution in [3.63, 3.8) is 0 Å². The maximum Gasteiger partial charge on any atom is 0.242 e. The van der Waals surface area contributed by atoms with E-state index in [9.17, 15) is 9.90 Å². The molecule has 2 rings (SSSR count). The summed E-state index contributed by atoms with van der Waals surface area (Å²) in [4.78, 5) is 21.0. The number of methoxy groups -OCH3 is 2. The predicted molar refractivity (Wildman–Crippen MR) is 90.5 cm³/mol. The molecule has 3 atom stereocenters. The molecule has 1 aliphatic rings. The van der Waals surface area contributed by atoms with Crippen molar-refractivity contribution in [1.29, 1.82) is 0 Å². The van der Waals surface area contributed by atoms with Crippen molar-refractivity contribution in [2.24, 2.45) is 5.92 Å². The fourth-order valence-corrected chi connectivity index (χ4v) is 2.54. The summed E-state index contributed by atoms with van der Waals surface area (Å²) in [5.74, 6) is 0.921. The summed E-state index contributed by atoms with van der Waals surface area (Å²) >= 11 is 0. The van der Waals surface area contributed by atoms with Crippen LogP contribution < -0.4 is 20.1 Å². The van der Waals surface area contributed by atoms with Gasteiger partial charge in [-0.2, -0.15) is 9.97 Å². The molecule has 2 unspecified atom stereocenters. The maximum atomic E-state index is 12.6. The highest BCUT2D eigenvalue weighted by atomic mass is 16.6. The lowest BCUT2D eigenvalue weighted by molar-refractivity contribution is -0.126. The number of hydrogen-bond donors (Lipinski definition) is 3. The second-order valence-electron chi connectivity index (χ2n) is 6.27. The molecule has 0 bridgehead atoms. The molecule has 1 aromatic heterocycles. The number of nitrogens with one attached hydrogen (secondary N) is 2. The summed E-state index contributed by atoms with van der Waals surface area (Å²) in [7, 11) is 2.98. The number of rotatable bonds is 8. The van der Waals surface area contributed by atoms with E-state index in [1.54, 1.807) is 6.07 Å². The molecular weight excluding hydrogens is 328 g/mol. The van der Waals surface area contributed by atoms with Gasteiger partial charge in [-0.05, 0) is 18.8 Å². The first-order valence-corrected chi connectivity index (χ1v) is 8.26. The highest BCUT2D eigenvalue weighted by Gasteiger charge is 2.30. The minimum absolute atomic E-state index is 0.236. The number of amides is 1. The quantitative estimate of drug-likeness (QED) is 0.620. The third kappa shape index (κ3) is 5.43. The first-order valence-electron chi connectivity index (χ1n) is 8.26. The summed E-state index contributed by atoms with van der Waals surface area (Å²) in [6.07, 6.45) is 0.167. The lowest BCUT2D eigenvalue weighted by atomic mass is 10.0. The number of aliphatic hydroxyl groups is 1. The number of nitrogens with zero attached hydrogens (tertiary/aromatic N) is 2. The van der Waals surface area contributed by atoms with Crippen molar-refractivity contribution in [2.45, 2.75) is 45.1 Å². The van der Waals surface area contributed by atoms with E-state index < -0.39 is 18.4 Å². The monoisotopic (exact) mass is 354 g/mol. The standard InChI is InChI=1S/C16H26N4O5/c1-9(2)7-11(14(21)17-10-5-6-25-15(10)22)18-16-19-12(23-3)8-13(20-16)24-4/h8-11,15,22H,5-7H2,1-4H3,(H,17,21)(H,18,19,20)/t10-,11?,15?/m0/s1. The Labute approximate surface area is 147 Å². The van der Waals surface area contributed by atoms with Crippen LogP contribution in [0.5, 0.6) is 11.8 Å². The summed E-state index contributed by atoms with van der Waals surface area (Å²) in [5, 5.41) is 15.6. The molecule has 9 heteroatoms. The Morgan fingerprint density at radius 1 is 1.36 bits per heavy atom. The van der Waals surface area contributed by atoms with Crippen molar-refractivity contribution >= 4 is 11.9 Å². The molecule has 140 valence electrons. The van der Waals surface area contributed by atoms with Gasteiger partial charge in [0.05, 0.1) is 32.9 Å². The van der Waals surface area contributed by atoms with Crippen molar-refractivity contribution < 1.29 is 24.1 Å². The Balaban J connectivity index is 2.12. The van der Waals surface area contributed by atoms with Gasteiger partial charge in [-0.25, -0.2) is 0 Å². The van der Waals surface area contributed by atoms with Crippen LogP contribution in [0.2, 0.25) is 0 Å². The largest absolute Gasteiger partial charge is 0.481 e. The van der Waals surface area contributed by atoms with E-state index in [2.05, 4.69) is 20.6 Å². The molecule has 0 aromatic carbocycles. The number of anilines is 1. The van der Waals surface area contributed by atoms with Crippen LogP contribution in [0.4, 0.5) is 5.95 Å². The van der Waals surface area contributed by atoms with Crippen molar-refractivity contribution in [1.82, 2.24) is 15.3 Å². The Bertz CT molecular complexity index is 561. The first-order chi connectivity index (χ1) is 11.9. The van der Waals surface area contributed by atoms with Gasteiger partial charge in [0.1, 0.15) is 6.04 Å². The van der Waals surface area contributed by atoms with Crippen LogP contribution in [0.25, 0.3) is 0 Å². The van der Waals surface area contributed by atoms with Gasteiger partial charge in [0, 0.05) is 0 Å². The maximum absolute atomic E-state index is 12.6. The minimum atomic E-state index is -0.975. The van der Waals surface area contributed by atoms with Crippen LogP contribution >= 0.6 is 0 Å². The van der Waals surface area contributed by atoms with E-state index in [1.165, 1.54) is 14.2 Å². The molecule has 0 radical (unpaired) electrons. The van der Waals surface area contributed by atoms with Gasteiger partial charge in [-0.3, -0.25) is 4.79 Å². The second-order valence-corrected chi connectivity index (χ2v) is 6.27. The summed E-state index contributed by atoms with van der Waals surface area (Å²) < 4.78 is 15.3. The van der Waals surface area contributed by atoms with Gasteiger partial charge < -0.3 is 30.0 Å². The topological polar surface area (TPSA) is 115 Å². The third-order valence-electron chi connectivity index (χ3n) is 3.81. The van der Waals surface area contributed by atoms with Crippen molar-refractivity contribution in [2.75, 3.05) is 26.1 Å². The summed E-state index contributed by atoms with van der Waals surface area (Å²) in [6.45, 7) is 4.45. The molecule has 0 saturated carbocycles. The smallest absolute Gasteiger partial charge is 0.242 e. The molecule has 1 saturated heterocycles. The van der Waals surface area contributed by atoms with E-state index in [1.807, 2.05) is 13.8 Å². The normalized spacial score (nSPS) is 21.0. The van der Waals surface area contributed by atoms with Gasteiger partial charge in [-0.1, -0.05) is 13.8 Å². The number of carbonyl (C=O) groups excluding carboxylic acids is 1. The zero-order valence-electron chi connectivity index (χ0n) is 15.0.